The van der Waals surface area contributed by atoms with Crippen molar-refractivity contribution >= 4 is 39.3 Å². The van der Waals surface area contributed by atoms with Crippen molar-refractivity contribution < 1.29 is 27.9 Å². The number of carbonyl (C=O) groups excluding carboxylic acids is 2. The summed E-state index contributed by atoms with van der Waals surface area (Å²) in [6.45, 7) is 3.87. The standard InChI is InChI=1S/C31H34N4O6S/c1-30(2)23-13-14-31(30,26(36)18-23)19-42(40,41)35-25(28(37)38)17-22-12-11-21(20-8-4-3-5-9-20)16-24(22)33-29(39)34-27-10-6-7-15-32-27/h3-12,15-16,23,25,35H,13-14,17-19H2,1-2H3,(H,37,38)(H2,32,33,34,39)/t23?,25-,31+/m0/s1. The number of carboxylic acid groups (broad SMARTS) is 1. The number of fused-ring (bicyclic) bond motifs is 2. The summed E-state index contributed by atoms with van der Waals surface area (Å²) < 4.78 is 29.2. The fourth-order valence-corrected chi connectivity index (χ4v) is 8.50. The third kappa shape index (κ3) is 5.79. The van der Waals surface area contributed by atoms with Crippen molar-refractivity contribution in [3.05, 3.63) is 78.5 Å². The molecule has 1 unspecified atom stereocenters. The molecule has 2 amide bonds. The van der Waals surface area contributed by atoms with E-state index in [1.54, 1.807) is 36.4 Å². The molecule has 42 heavy (non-hydrogen) atoms. The summed E-state index contributed by atoms with van der Waals surface area (Å²) in [7, 11) is -4.16. The highest BCUT2D eigenvalue weighted by Crippen LogP contribution is 2.64. The van der Waals surface area contributed by atoms with Crippen molar-refractivity contribution in [2.75, 3.05) is 16.4 Å². The minimum atomic E-state index is -4.16. The zero-order chi connectivity index (χ0) is 30.1. The van der Waals surface area contributed by atoms with Crippen molar-refractivity contribution in [1.82, 2.24) is 9.71 Å². The zero-order valence-electron chi connectivity index (χ0n) is 23.5. The van der Waals surface area contributed by atoms with Gasteiger partial charge in [0, 0.05) is 30.1 Å². The van der Waals surface area contributed by atoms with Crippen LogP contribution in [-0.4, -0.2) is 48.1 Å². The van der Waals surface area contributed by atoms with Crippen LogP contribution in [-0.2, 0) is 26.0 Å². The molecule has 10 nitrogen and oxygen atoms in total. The predicted molar refractivity (Wildman–Crippen MR) is 159 cm³/mol. The zero-order valence-corrected chi connectivity index (χ0v) is 24.3. The molecule has 2 aromatic carbocycles. The quantitative estimate of drug-likeness (QED) is 0.267. The van der Waals surface area contributed by atoms with Gasteiger partial charge in [-0.05, 0) is 59.1 Å². The number of aliphatic carboxylic acids is 1. The molecule has 0 spiro atoms. The van der Waals surface area contributed by atoms with E-state index in [2.05, 4.69) is 20.3 Å². The van der Waals surface area contributed by atoms with Gasteiger partial charge in [0.05, 0.1) is 5.75 Å². The second-order valence-corrected chi connectivity index (χ2v) is 13.4. The second-order valence-electron chi connectivity index (χ2n) is 11.7. The first-order chi connectivity index (χ1) is 19.9. The van der Waals surface area contributed by atoms with Crippen molar-refractivity contribution in [2.24, 2.45) is 16.7 Å². The minimum absolute atomic E-state index is 0.0668. The molecule has 220 valence electrons. The molecule has 1 heterocycles. The maximum Gasteiger partial charge on any atom is 0.324 e. The van der Waals surface area contributed by atoms with Crippen molar-refractivity contribution in [3.8, 4) is 11.1 Å². The third-order valence-electron chi connectivity index (χ3n) is 8.99. The number of nitrogens with one attached hydrogen (secondary N) is 3. The number of carboxylic acids is 1. The highest BCUT2D eigenvalue weighted by molar-refractivity contribution is 7.89. The summed E-state index contributed by atoms with van der Waals surface area (Å²) in [4.78, 5) is 42.2. The van der Waals surface area contributed by atoms with Crippen molar-refractivity contribution in [3.63, 3.8) is 0 Å². The first-order valence-electron chi connectivity index (χ1n) is 13.8. The Morgan fingerprint density at radius 3 is 2.38 bits per heavy atom. The second kappa shape index (κ2) is 11.3. The Balaban J connectivity index is 1.40. The smallest absolute Gasteiger partial charge is 0.324 e. The Hall–Kier alpha value is -4.09. The van der Waals surface area contributed by atoms with E-state index in [4.69, 9.17) is 0 Å². The number of rotatable bonds is 10. The Bertz CT molecular complexity index is 1610. The van der Waals surface area contributed by atoms with Crippen LogP contribution in [0.15, 0.2) is 72.9 Å². The van der Waals surface area contributed by atoms with Crippen LogP contribution in [0.5, 0.6) is 0 Å². The number of sulfonamides is 1. The summed E-state index contributed by atoms with van der Waals surface area (Å²) in [6, 6.07) is 17.6. The first-order valence-corrected chi connectivity index (χ1v) is 15.5. The largest absolute Gasteiger partial charge is 0.480 e. The van der Waals surface area contributed by atoms with E-state index in [9.17, 15) is 27.9 Å². The Morgan fingerprint density at radius 1 is 1.02 bits per heavy atom. The molecule has 2 fully saturated rings. The average molecular weight is 591 g/mol. The highest BCUT2D eigenvalue weighted by Gasteiger charge is 2.65. The topological polar surface area (TPSA) is 155 Å². The Morgan fingerprint density at radius 2 is 1.76 bits per heavy atom. The lowest BCUT2D eigenvalue weighted by Gasteiger charge is -2.36. The van der Waals surface area contributed by atoms with Crippen LogP contribution in [0.1, 0.15) is 38.7 Å². The maximum absolute atomic E-state index is 13.4. The van der Waals surface area contributed by atoms with E-state index in [0.29, 0.717) is 29.9 Å². The van der Waals surface area contributed by atoms with Gasteiger partial charge in [-0.2, -0.15) is 0 Å². The molecule has 0 radical (unpaired) electrons. The summed E-state index contributed by atoms with van der Waals surface area (Å²) in [5.41, 5.74) is 0.877. The molecule has 3 aromatic rings. The van der Waals surface area contributed by atoms with Crippen LogP contribution in [0.4, 0.5) is 16.3 Å². The number of nitrogens with zero attached hydrogens (tertiary/aromatic N) is 1. The molecule has 0 saturated heterocycles. The summed E-state index contributed by atoms with van der Waals surface area (Å²) in [5, 5.41) is 15.4. The number of benzene rings is 2. The van der Waals surface area contributed by atoms with Crippen molar-refractivity contribution in [2.45, 2.75) is 45.6 Å². The fourth-order valence-electron chi connectivity index (χ4n) is 6.48. The number of anilines is 2. The van der Waals surface area contributed by atoms with E-state index in [0.717, 1.165) is 17.5 Å². The number of aromatic nitrogens is 1. The van der Waals surface area contributed by atoms with Gasteiger partial charge in [-0.15, -0.1) is 0 Å². The van der Waals surface area contributed by atoms with E-state index < -0.39 is 44.6 Å². The van der Waals surface area contributed by atoms with Crippen LogP contribution in [0.25, 0.3) is 11.1 Å². The van der Waals surface area contributed by atoms with Crippen LogP contribution in [0.3, 0.4) is 0 Å². The average Bonchev–Trinajstić information content (AvgIpc) is 3.28. The molecule has 2 saturated carbocycles. The first kappa shape index (κ1) is 29.4. The van der Waals surface area contributed by atoms with Crippen LogP contribution in [0, 0.1) is 16.7 Å². The number of pyridine rings is 1. The molecule has 2 aliphatic rings. The molecule has 5 rings (SSSR count). The highest BCUT2D eigenvalue weighted by atomic mass is 32.2. The van der Waals surface area contributed by atoms with Crippen LogP contribution >= 0.6 is 0 Å². The Kier molecular flexibility index (Phi) is 7.91. The van der Waals surface area contributed by atoms with Crippen LogP contribution < -0.4 is 15.4 Å². The summed E-state index contributed by atoms with van der Waals surface area (Å²) in [5.74, 6) is -1.43. The van der Waals surface area contributed by atoms with Gasteiger partial charge in [-0.3, -0.25) is 14.9 Å². The normalized spacial score (nSPS) is 21.6. The van der Waals surface area contributed by atoms with E-state index in [1.165, 1.54) is 6.20 Å². The van der Waals surface area contributed by atoms with Gasteiger partial charge in [-0.25, -0.2) is 22.9 Å². The van der Waals surface area contributed by atoms with E-state index >= 15 is 0 Å². The number of hydrogen-bond acceptors (Lipinski definition) is 6. The number of carbonyl (C=O) groups is 3. The maximum atomic E-state index is 13.4. The van der Waals surface area contributed by atoms with E-state index in [1.807, 2.05) is 44.2 Å². The van der Waals surface area contributed by atoms with Gasteiger partial charge in [-0.1, -0.05) is 62.4 Å². The molecular formula is C31H34N4O6S. The van der Waals surface area contributed by atoms with Gasteiger partial charge in [0.15, 0.2) is 0 Å². The van der Waals surface area contributed by atoms with Gasteiger partial charge >= 0.3 is 12.0 Å². The number of hydrogen-bond donors (Lipinski definition) is 4. The summed E-state index contributed by atoms with van der Waals surface area (Å²) >= 11 is 0. The van der Waals surface area contributed by atoms with Crippen molar-refractivity contribution in [1.29, 1.82) is 0 Å². The van der Waals surface area contributed by atoms with E-state index in [-0.39, 0.29) is 18.1 Å². The summed E-state index contributed by atoms with van der Waals surface area (Å²) in [6.07, 6.45) is 2.90. The number of amides is 2. The molecule has 11 heteroatoms. The molecule has 2 bridgehead atoms. The fraction of sp³-hybridized carbons (Fsp3) is 0.355. The van der Waals surface area contributed by atoms with Gasteiger partial charge in [0.2, 0.25) is 10.0 Å². The molecule has 1 aromatic heterocycles. The third-order valence-corrected chi connectivity index (χ3v) is 10.5. The van der Waals surface area contributed by atoms with Gasteiger partial charge in [0.1, 0.15) is 17.6 Å². The molecule has 4 N–H and O–H groups in total. The van der Waals surface area contributed by atoms with Gasteiger partial charge in [0.25, 0.3) is 0 Å². The molecule has 3 atom stereocenters. The van der Waals surface area contributed by atoms with Crippen LogP contribution in [0.2, 0.25) is 0 Å². The molecule has 2 aliphatic carbocycles. The van der Waals surface area contributed by atoms with Gasteiger partial charge < -0.3 is 10.4 Å². The Labute approximate surface area is 245 Å². The predicted octanol–water partition coefficient (Wildman–Crippen LogP) is 4.70. The SMILES string of the molecule is CC1(C)C2CC[C@@]1(CS(=O)(=O)N[C@@H](Cc1ccc(-c3ccccc3)cc1NC(=O)Nc1ccccn1)C(=O)O)C(=O)C2. The number of urea groups is 1. The minimum Gasteiger partial charge on any atom is -0.480 e. The monoisotopic (exact) mass is 590 g/mol. The molecule has 0 aliphatic heterocycles. The lowest BCUT2D eigenvalue weighted by molar-refractivity contribution is -0.138. The lowest BCUT2D eigenvalue weighted by atomic mass is 9.70. The number of ketones is 1. The number of Topliss-reactive ketones (excluding diaryl/α,β-unsaturated/α-hetero) is 1. The lowest BCUT2D eigenvalue weighted by Crippen LogP contribution is -2.49. The molecular weight excluding hydrogens is 556 g/mol.